The lowest BCUT2D eigenvalue weighted by molar-refractivity contribution is 0.00688. The third-order valence-corrected chi connectivity index (χ3v) is 2.11. The van der Waals surface area contributed by atoms with E-state index in [0.717, 1.165) is 0 Å². The lowest BCUT2D eigenvalue weighted by Crippen LogP contribution is -2.27. The van der Waals surface area contributed by atoms with Crippen molar-refractivity contribution in [2.75, 3.05) is 6.61 Å². The maximum atomic E-state index is 9.14. The molecule has 3 N–H and O–H groups in total. The van der Waals surface area contributed by atoms with Gasteiger partial charge in [-0.1, -0.05) is 5.82 Å². The zero-order valence-electron chi connectivity index (χ0n) is 5.64. The minimum atomic E-state index is -0.847. The average molecular weight is 142 g/mol. The molecule has 0 aliphatic heterocycles. The molecule has 0 aromatic rings. The molecule has 0 aromatic heterocycles. The molecule has 1 fully saturated rings. The molecule has 0 spiro atoms. The van der Waals surface area contributed by atoms with Crippen LogP contribution in [-0.2, 0) is 0 Å². The molecule has 0 aromatic carbocycles. The molecule has 56 valence electrons. The highest BCUT2D eigenvalue weighted by atomic mass is 16.3. The van der Waals surface area contributed by atoms with Crippen LogP contribution in [0.3, 0.4) is 0 Å². The van der Waals surface area contributed by atoms with Crippen molar-refractivity contribution in [3.8, 4) is 0 Å². The van der Waals surface area contributed by atoms with Gasteiger partial charge in [0.25, 0.3) is 0 Å². The van der Waals surface area contributed by atoms with Gasteiger partial charge < -0.3 is 15.3 Å². The smallest absolute Gasteiger partial charge is 0.0844 e. The van der Waals surface area contributed by atoms with E-state index in [9.17, 15) is 0 Å². The number of hydrogen-bond donors (Lipinski definition) is 3. The number of hydrogen-bond acceptors (Lipinski definition) is 3. The van der Waals surface area contributed by atoms with Gasteiger partial charge >= 0.3 is 0 Å². The molecule has 4 atom stereocenters. The van der Waals surface area contributed by atoms with Crippen LogP contribution in [0.4, 0.5) is 0 Å². The van der Waals surface area contributed by atoms with Gasteiger partial charge in [-0.2, -0.15) is 0 Å². The summed E-state index contributed by atoms with van der Waals surface area (Å²) in [7, 11) is 5.49. The van der Waals surface area contributed by atoms with Gasteiger partial charge in [0.15, 0.2) is 0 Å². The fourth-order valence-electron chi connectivity index (χ4n) is 1.38. The Hall–Kier alpha value is -0.0551. The lowest BCUT2D eigenvalue weighted by Gasteiger charge is -2.15. The van der Waals surface area contributed by atoms with E-state index in [1.807, 2.05) is 0 Å². The first-order chi connectivity index (χ1) is 4.66. The molecule has 1 saturated carbocycles. The highest BCUT2D eigenvalue weighted by Gasteiger charge is 2.37. The zero-order chi connectivity index (χ0) is 7.72. The summed E-state index contributed by atoms with van der Waals surface area (Å²) in [6, 6.07) is 0. The first kappa shape index (κ1) is 8.05. The van der Waals surface area contributed by atoms with Crippen molar-refractivity contribution in [2.24, 2.45) is 5.92 Å². The predicted octanol–water partition coefficient (Wildman–Crippen LogP) is -1.32. The summed E-state index contributed by atoms with van der Waals surface area (Å²) in [5.41, 5.74) is 0. The summed E-state index contributed by atoms with van der Waals surface area (Å²) in [5, 5.41) is 26.8. The Balaban J connectivity index is 2.55. The van der Waals surface area contributed by atoms with Gasteiger partial charge in [0.1, 0.15) is 0 Å². The Morgan fingerprint density at radius 3 is 2.20 bits per heavy atom. The van der Waals surface area contributed by atoms with E-state index < -0.39 is 12.2 Å². The Labute approximate surface area is 61.1 Å². The number of aliphatic hydroxyl groups is 3. The summed E-state index contributed by atoms with van der Waals surface area (Å²) in [6.07, 6.45) is -1.22. The van der Waals surface area contributed by atoms with Crippen molar-refractivity contribution >= 4 is 7.85 Å². The molecule has 0 amide bonds. The van der Waals surface area contributed by atoms with E-state index in [1.165, 1.54) is 0 Å². The monoisotopic (exact) mass is 142 g/mol. The maximum absolute atomic E-state index is 9.14. The average Bonchev–Trinajstić information content (AvgIpc) is 2.09. The highest BCUT2D eigenvalue weighted by molar-refractivity contribution is 6.12. The number of aliphatic hydroxyl groups excluding tert-OH is 3. The van der Waals surface area contributed by atoms with Gasteiger partial charge in [0.05, 0.1) is 20.1 Å². The quantitative estimate of drug-likeness (QED) is 0.398. The van der Waals surface area contributed by atoms with Crippen molar-refractivity contribution in [2.45, 2.75) is 24.4 Å². The fraction of sp³-hybridized carbons (Fsp3) is 1.00. The van der Waals surface area contributed by atoms with Gasteiger partial charge in [-0.15, -0.1) is 0 Å². The summed E-state index contributed by atoms with van der Waals surface area (Å²) in [5.74, 6) is -0.620. The highest BCUT2D eigenvalue weighted by Crippen LogP contribution is 2.34. The SMILES string of the molecule is [B][C@H]1C[C@H](O)[C@H](O)[C@H]1CO. The van der Waals surface area contributed by atoms with Gasteiger partial charge in [0, 0.05) is 12.5 Å². The molecule has 0 saturated heterocycles. The molecular formula is C6H11BO3. The van der Waals surface area contributed by atoms with Crippen LogP contribution in [0.5, 0.6) is 0 Å². The second kappa shape index (κ2) is 2.90. The van der Waals surface area contributed by atoms with Crippen LogP contribution in [0.25, 0.3) is 0 Å². The van der Waals surface area contributed by atoms with Gasteiger partial charge in [0.2, 0.25) is 0 Å². The number of rotatable bonds is 1. The van der Waals surface area contributed by atoms with Gasteiger partial charge in [-0.3, -0.25) is 0 Å². The van der Waals surface area contributed by atoms with Crippen molar-refractivity contribution < 1.29 is 15.3 Å². The molecule has 0 heterocycles. The van der Waals surface area contributed by atoms with Crippen LogP contribution >= 0.6 is 0 Å². The third kappa shape index (κ3) is 1.19. The minimum absolute atomic E-state index is 0.153. The van der Waals surface area contributed by atoms with Crippen molar-refractivity contribution in [3.63, 3.8) is 0 Å². The van der Waals surface area contributed by atoms with E-state index in [0.29, 0.717) is 6.42 Å². The van der Waals surface area contributed by atoms with Gasteiger partial charge in [-0.25, -0.2) is 0 Å². The van der Waals surface area contributed by atoms with Crippen molar-refractivity contribution in [3.05, 3.63) is 0 Å². The fourth-order valence-corrected chi connectivity index (χ4v) is 1.38. The Kier molecular flexibility index (Phi) is 2.34. The molecule has 10 heavy (non-hydrogen) atoms. The second-order valence-corrected chi connectivity index (χ2v) is 2.80. The first-order valence-corrected chi connectivity index (χ1v) is 3.39. The van der Waals surface area contributed by atoms with E-state index in [-0.39, 0.29) is 18.3 Å². The summed E-state index contributed by atoms with van der Waals surface area (Å²) < 4.78 is 0. The van der Waals surface area contributed by atoms with Crippen LogP contribution in [0, 0.1) is 5.92 Å². The third-order valence-electron chi connectivity index (χ3n) is 2.11. The van der Waals surface area contributed by atoms with Crippen molar-refractivity contribution in [1.29, 1.82) is 0 Å². The molecule has 3 nitrogen and oxygen atoms in total. The molecular weight excluding hydrogens is 131 g/mol. The van der Waals surface area contributed by atoms with Crippen LogP contribution < -0.4 is 0 Å². The summed E-state index contributed by atoms with van der Waals surface area (Å²) in [4.78, 5) is 0. The summed E-state index contributed by atoms with van der Waals surface area (Å²) >= 11 is 0. The maximum Gasteiger partial charge on any atom is 0.0844 e. The van der Waals surface area contributed by atoms with Crippen LogP contribution in [0.1, 0.15) is 6.42 Å². The van der Waals surface area contributed by atoms with Crippen LogP contribution in [-0.4, -0.2) is 42.0 Å². The molecule has 4 heteroatoms. The van der Waals surface area contributed by atoms with Crippen LogP contribution in [0.15, 0.2) is 0 Å². The first-order valence-electron chi connectivity index (χ1n) is 3.39. The largest absolute Gasteiger partial charge is 0.396 e. The van der Waals surface area contributed by atoms with Gasteiger partial charge in [-0.05, 0) is 6.42 Å². The lowest BCUT2D eigenvalue weighted by atomic mass is 9.79. The molecule has 0 unspecified atom stereocenters. The van der Waals surface area contributed by atoms with E-state index >= 15 is 0 Å². The molecule has 1 aliphatic rings. The molecule has 1 aliphatic carbocycles. The second-order valence-electron chi connectivity index (χ2n) is 2.80. The Bertz CT molecular complexity index is 120. The zero-order valence-corrected chi connectivity index (χ0v) is 5.64. The molecule has 1 rings (SSSR count). The normalized spacial score (nSPS) is 47.9. The predicted molar refractivity (Wildman–Crippen MR) is 36.7 cm³/mol. The Morgan fingerprint density at radius 1 is 1.40 bits per heavy atom. The van der Waals surface area contributed by atoms with E-state index in [2.05, 4.69) is 0 Å². The van der Waals surface area contributed by atoms with E-state index in [1.54, 1.807) is 0 Å². The van der Waals surface area contributed by atoms with Crippen molar-refractivity contribution in [1.82, 2.24) is 0 Å². The van der Waals surface area contributed by atoms with Crippen LogP contribution in [0.2, 0.25) is 5.82 Å². The topological polar surface area (TPSA) is 60.7 Å². The minimum Gasteiger partial charge on any atom is -0.396 e. The van der Waals surface area contributed by atoms with E-state index in [4.69, 9.17) is 23.2 Å². The molecule has 2 radical (unpaired) electrons. The standard InChI is InChI=1S/C6H11BO3/c7-4-1-5(9)6(10)3(4)2-8/h3-6,8-10H,1-2H2/t3-,4-,5-,6+/m0/s1. The molecule has 0 bridgehead atoms. The summed E-state index contributed by atoms with van der Waals surface area (Å²) in [6.45, 7) is -0.153. The Morgan fingerprint density at radius 2 is 2.00 bits per heavy atom.